The first kappa shape index (κ1) is 26.4. The highest BCUT2D eigenvalue weighted by molar-refractivity contribution is 7.14. The number of nitrogens with zero attached hydrogens (tertiary/aromatic N) is 2. The molecule has 2 N–H and O–H groups in total. The van der Waals surface area contributed by atoms with E-state index in [1.54, 1.807) is 9.80 Å². The highest BCUT2D eigenvalue weighted by Gasteiger charge is 2.41. The molecule has 1 aromatic rings. The topological polar surface area (TPSA) is 116 Å². The van der Waals surface area contributed by atoms with Crippen molar-refractivity contribution >= 4 is 40.9 Å². The fourth-order valence-corrected chi connectivity index (χ4v) is 6.33. The van der Waals surface area contributed by atoms with Crippen LogP contribution < -0.4 is 10.2 Å². The molecule has 198 valence electrons. The number of hydrogen-bond donors (Lipinski definition) is 2. The maximum absolute atomic E-state index is 14.0. The predicted octanol–water partition coefficient (Wildman–Crippen LogP) is 4.00. The van der Waals surface area contributed by atoms with E-state index in [-0.39, 0.29) is 47.0 Å². The minimum Gasteiger partial charge on any atom is -0.477 e. The van der Waals surface area contributed by atoms with Crippen LogP contribution in [-0.4, -0.2) is 65.7 Å². The Morgan fingerprint density at radius 2 is 1.86 bits per heavy atom. The third-order valence-corrected chi connectivity index (χ3v) is 9.04. The summed E-state index contributed by atoms with van der Waals surface area (Å²) >= 11 is 1.22. The van der Waals surface area contributed by atoms with Gasteiger partial charge in [0.25, 0.3) is 0 Å². The number of ether oxygens (including phenoxy) is 1. The standard InChI is InChI=1S/C26H37N3O6S/c1-15-5-7-16(8-6-15)23(31)29(19-12-20(26(2,3)4)36-22(19)24(32)33)17-9-10-28(14-17)25(34)35-18-11-21(30)27-13-18/h12,15-18H,5-11,13-14H2,1-4H3,(H,27,30)(H,32,33)/t15?,16?,17-,18-/m0/s1. The zero-order valence-electron chi connectivity index (χ0n) is 21.5. The van der Waals surface area contributed by atoms with E-state index in [1.807, 2.05) is 26.8 Å². The van der Waals surface area contributed by atoms with E-state index in [4.69, 9.17) is 4.74 Å². The summed E-state index contributed by atoms with van der Waals surface area (Å²) in [5.41, 5.74) is 0.173. The van der Waals surface area contributed by atoms with Crippen molar-refractivity contribution in [3.8, 4) is 0 Å². The van der Waals surface area contributed by atoms with Crippen LogP contribution in [0, 0.1) is 11.8 Å². The van der Waals surface area contributed by atoms with E-state index in [0.717, 1.165) is 30.6 Å². The number of carbonyl (C=O) groups is 4. The van der Waals surface area contributed by atoms with Crippen LogP contribution in [0.2, 0.25) is 0 Å². The van der Waals surface area contributed by atoms with Crippen molar-refractivity contribution in [1.82, 2.24) is 10.2 Å². The molecule has 36 heavy (non-hydrogen) atoms. The number of hydrogen-bond acceptors (Lipinski definition) is 6. The molecule has 2 saturated heterocycles. The molecule has 4 rings (SSSR count). The van der Waals surface area contributed by atoms with Gasteiger partial charge in [0.1, 0.15) is 11.0 Å². The Bertz CT molecular complexity index is 1020. The lowest BCUT2D eigenvalue weighted by molar-refractivity contribution is -0.124. The molecule has 3 heterocycles. The number of carbonyl (C=O) groups excluding carboxylic acids is 3. The van der Waals surface area contributed by atoms with Gasteiger partial charge in [-0.05, 0) is 49.5 Å². The van der Waals surface area contributed by atoms with Crippen molar-refractivity contribution in [2.45, 2.75) is 83.8 Å². The largest absolute Gasteiger partial charge is 0.477 e. The molecule has 0 radical (unpaired) electrons. The molecule has 0 bridgehead atoms. The second-order valence-electron chi connectivity index (χ2n) is 11.4. The van der Waals surface area contributed by atoms with E-state index in [0.29, 0.717) is 31.1 Å². The Morgan fingerprint density at radius 3 is 2.44 bits per heavy atom. The molecule has 1 aliphatic carbocycles. The SMILES string of the molecule is CC1CCC(C(=O)N(c2cc(C(C)(C)C)sc2C(=O)O)[C@H]2CCN(C(=O)O[C@@H]3CNC(=O)C3)C2)CC1. The Labute approximate surface area is 216 Å². The summed E-state index contributed by atoms with van der Waals surface area (Å²) in [6.07, 6.45) is 3.22. The summed E-state index contributed by atoms with van der Waals surface area (Å²) in [5, 5.41) is 12.7. The van der Waals surface area contributed by atoms with Crippen molar-refractivity contribution < 1.29 is 29.0 Å². The fourth-order valence-electron chi connectivity index (χ4n) is 5.28. The fraction of sp³-hybridized carbons (Fsp3) is 0.692. The molecule has 1 saturated carbocycles. The molecular weight excluding hydrogens is 482 g/mol. The van der Waals surface area contributed by atoms with Crippen LogP contribution in [0.4, 0.5) is 10.5 Å². The summed E-state index contributed by atoms with van der Waals surface area (Å²) < 4.78 is 5.51. The Kier molecular flexibility index (Phi) is 7.64. The summed E-state index contributed by atoms with van der Waals surface area (Å²) in [5.74, 6) is -0.808. The van der Waals surface area contributed by atoms with E-state index < -0.39 is 18.2 Å². The van der Waals surface area contributed by atoms with Crippen LogP contribution in [-0.2, 0) is 19.7 Å². The molecule has 0 aromatic carbocycles. The number of amides is 3. The zero-order valence-corrected chi connectivity index (χ0v) is 22.4. The average Bonchev–Trinajstić information content (AvgIpc) is 3.54. The Hall–Kier alpha value is -2.62. The number of thiophene rings is 1. The lowest BCUT2D eigenvalue weighted by atomic mass is 9.82. The van der Waals surface area contributed by atoms with E-state index in [2.05, 4.69) is 12.2 Å². The molecule has 3 amide bonds. The maximum atomic E-state index is 14.0. The van der Waals surface area contributed by atoms with Crippen molar-refractivity contribution in [3.63, 3.8) is 0 Å². The average molecular weight is 520 g/mol. The van der Waals surface area contributed by atoms with Crippen LogP contribution in [0.15, 0.2) is 6.07 Å². The third kappa shape index (κ3) is 5.68. The molecule has 3 fully saturated rings. The number of anilines is 1. The molecule has 0 spiro atoms. The maximum Gasteiger partial charge on any atom is 0.410 e. The van der Waals surface area contributed by atoms with Gasteiger partial charge < -0.3 is 25.0 Å². The van der Waals surface area contributed by atoms with Gasteiger partial charge >= 0.3 is 12.1 Å². The van der Waals surface area contributed by atoms with Crippen molar-refractivity contribution in [3.05, 3.63) is 15.8 Å². The van der Waals surface area contributed by atoms with E-state index >= 15 is 0 Å². The zero-order chi connectivity index (χ0) is 26.2. The molecule has 3 aliphatic rings. The smallest absolute Gasteiger partial charge is 0.410 e. The lowest BCUT2D eigenvalue weighted by Gasteiger charge is -2.34. The number of likely N-dealkylation sites (tertiary alicyclic amines) is 1. The molecule has 10 heteroatoms. The summed E-state index contributed by atoms with van der Waals surface area (Å²) in [6.45, 7) is 9.25. The monoisotopic (exact) mass is 519 g/mol. The van der Waals surface area contributed by atoms with Gasteiger partial charge in [0.05, 0.1) is 24.7 Å². The summed E-state index contributed by atoms with van der Waals surface area (Å²) in [6, 6.07) is 1.52. The summed E-state index contributed by atoms with van der Waals surface area (Å²) in [4.78, 5) is 54.8. The minimum absolute atomic E-state index is 0.0477. The van der Waals surface area contributed by atoms with Crippen molar-refractivity contribution in [1.29, 1.82) is 0 Å². The van der Waals surface area contributed by atoms with Crippen molar-refractivity contribution in [2.24, 2.45) is 11.8 Å². The first-order valence-electron chi connectivity index (χ1n) is 12.9. The second kappa shape index (κ2) is 10.4. The summed E-state index contributed by atoms with van der Waals surface area (Å²) in [7, 11) is 0. The van der Waals surface area contributed by atoms with E-state index in [1.165, 1.54) is 11.3 Å². The third-order valence-electron chi connectivity index (χ3n) is 7.50. The molecule has 1 aromatic heterocycles. The van der Waals surface area contributed by atoms with Crippen LogP contribution in [0.3, 0.4) is 0 Å². The first-order valence-corrected chi connectivity index (χ1v) is 13.7. The van der Waals surface area contributed by atoms with Gasteiger partial charge in [-0.2, -0.15) is 0 Å². The van der Waals surface area contributed by atoms with Crippen LogP contribution in [0.1, 0.15) is 80.8 Å². The molecule has 2 aliphatic heterocycles. The number of carboxylic acids is 1. The number of nitrogens with one attached hydrogen (secondary N) is 1. The van der Waals surface area contributed by atoms with Gasteiger partial charge in [-0.15, -0.1) is 11.3 Å². The Balaban J connectivity index is 1.60. The van der Waals surface area contributed by atoms with Crippen LogP contribution in [0.5, 0.6) is 0 Å². The number of aromatic carboxylic acids is 1. The quantitative estimate of drug-likeness (QED) is 0.607. The van der Waals surface area contributed by atoms with Crippen LogP contribution in [0.25, 0.3) is 0 Å². The Morgan fingerprint density at radius 1 is 1.17 bits per heavy atom. The van der Waals surface area contributed by atoms with Gasteiger partial charge in [-0.3, -0.25) is 9.59 Å². The van der Waals surface area contributed by atoms with Crippen molar-refractivity contribution in [2.75, 3.05) is 24.5 Å². The molecular formula is C26H37N3O6S. The minimum atomic E-state index is -1.05. The lowest BCUT2D eigenvalue weighted by Crippen LogP contribution is -2.47. The predicted molar refractivity (Wildman–Crippen MR) is 136 cm³/mol. The van der Waals surface area contributed by atoms with Crippen LogP contribution >= 0.6 is 11.3 Å². The molecule has 0 unspecified atom stereocenters. The van der Waals surface area contributed by atoms with Gasteiger partial charge in [0.2, 0.25) is 11.8 Å². The molecule has 2 atom stereocenters. The first-order chi connectivity index (χ1) is 16.9. The number of rotatable bonds is 5. The van der Waals surface area contributed by atoms with E-state index in [9.17, 15) is 24.3 Å². The highest BCUT2D eigenvalue weighted by Crippen LogP contribution is 2.41. The van der Waals surface area contributed by atoms with Gasteiger partial charge in [0, 0.05) is 23.9 Å². The number of carboxylic acid groups (broad SMARTS) is 1. The van der Waals surface area contributed by atoms with Gasteiger partial charge in [-0.1, -0.05) is 27.7 Å². The second-order valence-corrected chi connectivity index (χ2v) is 12.5. The van der Waals surface area contributed by atoms with Gasteiger partial charge in [0.15, 0.2) is 0 Å². The normalized spacial score (nSPS) is 26.6. The van der Waals surface area contributed by atoms with Gasteiger partial charge in [-0.25, -0.2) is 9.59 Å². The molecule has 9 nitrogen and oxygen atoms in total. The highest BCUT2D eigenvalue weighted by atomic mass is 32.1.